The summed E-state index contributed by atoms with van der Waals surface area (Å²) >= 11 is 2.21. The number of fused-ring (bicyclic) bond motifs is 1. The van der Waals surface area contributed by atoms with E-state index in [9.17, 15) is 44.1 Å². The Morgan fingerprint density at radius 1 is 1.19 bits per heavy atom. The SMILES string of the molecule is Cn1cc(O)c(=O)cc1C(=O)NCCNc1c[n+](CC2=C(C(=O)O)N3C(=O)[C@@H](NC(=O)/C(=N\OC(C)(C)C(=O)O)c4csc(N)n4)C3SC2)cnc1N. The van der Waals surface area contributed by atoms with Gasteiger partial charge in [-0.05, 0) is 18.8 Å². The number of rotatable bonds is 14. The minimum Gasteiger partial charge on any atom is -0.503 e. The number of carbonyl (C=O) groups excluding carboxylic acids is 3. The number of pyridine rings is 1. The second-order valence-corrected chi connectivity index (χ2v) is 14.1. The van der Waals surface area contributed by atoms with Crippen LogP contribution in [-0.4, -0.2) is 106 Å². The van der Waals surface area contributed by atoms with Crippen molar-refractivity contribution in [2.45, 2.75) is 37.4 Å². The lowest BCUT2D eigenvalue weighted by Gasteiger charge is -2.49. The van der Waals surface area contributed by atoms with Crippen LogP contribution in [0.3, 0.4) is 0 Å². The second kappa shape index (κ2) is 15.2. The van der Waals surface area contributed by atoms with E-state index in [1.165, 1.54) is 48.9 Å². The lowest BCUT2D eigenvalue weighted by Crippen LogP contribution is -2.71. The molecule has 5 heterocycles. The number of aryl methyl sites for hydroxylation is 1. The third-order valence-electron chi connectivity index (χ3n) is 7.86. The molecule has 2 aliphatic rings. The van der Waals surface area contributed by atoms with Gasteiger partial charge in [-0.3, -0.25) is 24.1 Å². The zero-order valence-electron chi connectivity index (χ0n) is 28.2. The smallest absolute Gasteiger partial charge is 0.352 e. The van der Waals surface area contributed by atoms with Crippen molar-refractivity contribution in [3.8, 4) is 5.75 Å². The molecular weight excluding hydrogens is 739 g/mol. The number of nitrogen functional groups attached to an aromatic ring is 2. The van der Waals surface area contributed by atoms with Crippen molar-refractivity contribution < 1.29 is 48.7 Å². The topological polar surface area (TPSA) is 311 Å². The number of thiazole rings is 1. The zero-order valence-corrected chi connectivity index (χ0v) is 29.9. The first-order valence-electron chi connectivity index (χ1n) is 15.5. The molecule has 2 aliphatic heterocycles. The predicted octanol–water partition coefficient (Wildman–Crippen LogP) is -1.74. The third kappa shape index (κ3) is 8.14. The first kappa shape index (κ1) is 38.0. The van der Waals surface area contributed by atoms with Crippen LogP contribution in [0.25, 0.3) is 0 Å². The fraction of sp³-hybridized carbons (Fsp3) is 0.333. The average molecular weight is 773 g/mol. The molecule has 1 unspecified atom stereocenters. The van der Waals surface area contributed by atoms with E-state index in [2.05, 4.69) is 31.1 Å². The monoisotopic (exact) mass is 772 g/mol. The fourth-order valence-corrected chi connectivity index (χ4v) is 6.92. The highest BCUT2D eigenvalue weighted by Gasteiger charge is 2.54. The van der Waals surface area contributed by atoms with Gasteiger partial charge in [-0.2, -0.15) is 0 Å². The molecule has 5 rings (SSSR count). The molecule has 1 saturated heterocycles. The van der Waals surface area contributed by atoms with Crippen molar-refractivity contribution in [3.05, 3.63) is 63.0 Å². The van der Waals surface area contributed by atoms with Crippen LogP contribution < -0.4 is 37.4 Å². The van der Waals surface area contributed by atoms with Crippen LogP contribution in [0.1, 0.15) is 30.0 Å². The molecular formula is C30H34N11O10S2+. The van der Waals surface area contributed by atoms with E-state index >= 15 is 0 Å². The van der Waals surface area contributed by atoms with E-state index < -0.39 is 63.6 Å². The molecule has 3 aromatic rings. The molecule has 10 N–H and O–H groups in total. The summed E-state index contributed by atoms with van der Waals surface area (Å²) in [6.07, 6.45) is 4.10. The van der Waals surface area contributed by atoms with Crippen LogP contribution >= 0.6 is 23.1 Å². The normalized spacial score (nSPS) is 17.1. The summed E-state index contributed by atoms with van der Waals surface area (Å²) in [7, 11) is 1.50. The van der Waals surface area contributed by atoms with E-state index in [0.29, 0.717) is 11.3 Å². The van der Waals surface area contributed by atoms with Gasteiger partial charge in [0.2, 0.25) is 11.0 Å². The van der Waals surface area contributed by atoms with Crippen LogP contribution in [0.2, 0.25) is 0 Å². The summed E-state index contributed by atoms with van der Waals surface area (Å²) in [4.78, 5) is 89.3. The maximum Gasteiger partial charge on any atom is 0.352 e. The number of hydrogen-bond acceptors (Lipinski definition) is 16. The number of aliphatic carboxylic acids is 2. The van der Waals surface area contributed by atoms with Gasteiger partial charge in [0.15, 0.2) is 16.6 Å². The van der Waals surface area contributed by atoms with Crippen LogP contribution in [0, 0.1) is 0 Å². The first-order chi connectivity index (χ1) is 25.0. The third-order valence-corrected chi connectivity index (χ3v) is 9.87. The standard InChI is InChI=1S/C30H33N11O10S2/c1-30(2,28(49)50)51-38-19(15-11-53-29(32)36-15)24(45)37-20-25(46)41-21(27(47)48)13(10-52-26(20)41)7-40-8-14(22(31)35-12-40)33-4-5-34-23(44)16-6-17(42)18(43)9-39(16)3/h6,8-9,11-12,20,26,31,33H,4-5,7,10H2,1-3H3,(H7,32,34,36,37,43,44,45,47,48,49,50)/p+1/b38-19-/t20-,26?/m1/s1. The number of thioether (sulfide) groups is 1. The number of carboxylic acid groups (broad SMARTS) is 2. The van der Waals surface area contributed by atoms with E-state index in [1.54, 1.807) is 10.8 Å². The van der Waals surface area contributed by atoms with Crippen LogP contribution in [0.4, 0.5) is 16.6 Å². The van der Waals surface area contributed by atoms with Crippen LogP contribution in [0.5, 0.6) is 5.75 Å². The number of anilines is 3. The summed E-state index contributed by atoms with van der Waals surface area (Å²) in [5.41, 5.74) is 9.31. The van der Waals surface area contributed by atoms with Crippen molar-refractivity contribution in [1.29, 1.82) is 0 Å². The van der Waals surface area contributed by atoms with Gasteiger partial charge in [-0.25, -0.2) is 19.1 Å². The molecule has 2 atom stereocenters. The largest absolute Gasteiger partial charge is 0.503 e. The molecule has 0 saturated carbocycles. The van der Waals surface area contributed by atoms with Gasteiger partial charge in [-0.15, -0.1) is 23.1 Å². The highest BCUT2D eigenvalue weighted by molar-refractivity contribution is 8.00. The summed E-state index contributed by atoms with van der Waals surface area (Å²) in [5.74, 6) is -5.09. The maximum absolute atomic E-state index is 13.4. The van der Waals surface area contributed by atoms with Crippen molar-refractivity contribution in [3.63, 3.8) is 0 Å². The molecule has 0 radical (unpaired) electrons. The molecule has 280 valence electrons. The number of carboxylic acids is 2. The van der Waals surface area contributed by atoms with Gasteiger partial charge in [0.25, 0.3) is 29.9 Å². The summed E-state index contributed by atoms with van der Waals surface area (Å²) in [5, 5.41) is 41.7. The number of nitrogens with zero attached hydrogens (tertiary/aromatic N) is 6. The van der Waals surface area contributed by atoms with Gasteiger partial charge < -0.3 is 52.1 Å². The van der Waals surface area contributed by atoms with Gasteiger partial charge in [0.1, 0.15) is 46.9 Å². The van der Waals surface area contributed by atoms with Crippen molar-refractivity contribution in [2.24, 2.45) is 12.2 Å². The summed E-state index contributed by atoms with van der Waals surface area (Å²) < 4.78 is 2.87. The Labute approximate surface area is 307 Å². The number of oxime groups is 1. The van der Waals surface area contributed by atoms with Gasteiger partial charge in [0.05, 0.1) is 6.20 Å². The Kier molecular flexibility index (Phi) is 10.9. The van der Waals surface area contributed by atoms with Crippen molar-refractivity contribution in [1.82, 2.24) is 30.1 Å². The molecule has 3 amide bonds. The second-order valence-electron chi connectivity index (χ2n) is 12.1. The van der Waals surface area contributed by atoms with Gasteiger partial charge in [0, 0.05) is 42.9 Å². The highest BCUT2D eigenvalue weighted by atomic mass is 32.2. The van der Waals surface area contributed by atoms with Gasteiger partial charge >= 0.3 is 11.9 Å². The molecule has 23 heteroatoms. The number of aromatic nitrogens is 4. The number of nitrogens with one attached hydrogen (secondary N) is 3. The Bertz CT molecular complexity index is 2130. The van der Waals surface area contributed by atoms with Crippen LogP contribution in [0.15, 0.2) is 51.4 Å². The molecule has 21 nitrogen and oxygen atoms in total. The van der Waals surface area contributed by atoms with Crippen molar-refractivity contribution in [2.75, 3.05) is 35.6 Å². The molecule has 0 bridgehead atoms. The van der Waals surface area contributed by atoms with Crippen LogP contribution in [-0.2, 0) is 37.6 Å². The minimum atomic E-state index is -1.81. The quantitative estimate of drug-likeness (QED) is 0.0296. The predicted molar refractivity (Wildman–Crippen MR) is 189 cm³/mol. The maximum atomic E-state index is 13.4. The fourth-order valence-electron chi connectivity index (χ4n) is 5.03. The van der Waals surface area contributed by atoms with Gasteiger partial charge in [-0.1, -0.05) is 5.16 Å². The Hall–Kier alpha value is -6.23. The molecule has 0 aliphatic carbocycles. The lowest BCUT2D eigenvalue weighted by molar-refractivity contribution is -0.691. The molecule has 53 heavy (non-hydrogen) atoms. The molecule has 0 aromatic carbocycles. The van der Waals surface area contributed by atoms with E-state index in [0.717, 1.165) is 28.5 Å². The number of hydrogen-bond donors (Lipinski definition) is 8. The Morgan fingerprint density at radius 3 is 2.58 bits per heavy atom. The van der Waals surface area contributed by atoms with E-state index in [1.807, 2.05) is 0 Å². The lowest BCUT2D eigenvalue weighted by atomic mass is 10.0. The summed E-state index contributed by atoms with van der Waals surface area (Å²) in [6, 6.07) is -0.136. The number of aromatic hydroxyl groups is 1. The first-order valence-corrected chi connectivity index (χ1v) is 17.4. The number of β-lactam (4-membered cyclic amide) rings is 1. The number of carbonyl (C=O) groups is 5. The zero-order chi connectivity index (χ0) is 38.8. The molecule has 0 spiro atoms. The van der Waals surface area contributed by atoms with E-state index in [4.69, 9.17) is 16.3 Å². The number of nitrogens with two attached hydrogens (primary N) is 2. The highest BCUT2D eigenvalue weighted by Crippen LogP contribution is 2.40. The van der Waals surface area contributed by atoms with E-state index in [-0.39, 0.29) is 53.4 Å². The Morgan fingerprint density at radius 2 is 1.92 bits per heavy atom. The van der Waals surface area contributed by atoms with Crippen molar-refractivity contribution >= 4 is 75.1 Å². The average Bonchev–Trinajstić information content (AvgIpc) is 3.53. The number of amides is 3. The minimum absolute atomic E-state index is 0.00842. The Balaban J connectivity index is 1.25. The molecule has 1 fully saturated rings. The summed E-state index contributed by atoms with van der Waals surface area (Å²) in [6.45, 7) is 2.75. The molecule has 3 aromatic heterocycles.